The third kappa shape index (κ3) is 3.35. The molecule has 2 fully saturated rings. The van der Waals surface area contributed by atoms with Gasteiger partial charge in [-0.25, -0.2) is 0 Å². The molecule has 3 aliphatic rings. The Labute approximate surface area is 139 Å². The van der Waals surface area contributed by atoms with Crippen molar-refractivity contribution in [2.45, 2.75) is 19.3 Å². The molecule has 0 spiro atoms. The first kappa shape index (κ1) is 14.9. The highest BCUT2D eigenvalue weighted by Gasteiger charge is 2.36. The van der Waals surface area contributed by atoms with Crippen LogP contribution in [0.2, 0.25) is 0 Å². The molecule has 122 valence electrons. The van der Waals surface area contributed by atoms with Crippen molar-refractivity contribution in [3.8, 4) is 0 Å². The third-order valence-electron chi connectivity index (χ3n) is 5.83. The van der Waals surface area contributed by atoms with Crippen molar-refractivity contribution in [2.24, 2.45) is 17.8 Å². The maximum absolute atomic E-state index is 12.4. The van der Waals surface area contributed by atoms with Crippen LogP contribution in [0.1, 0.15) is 18.4 Å². The molecule has 1 aromatic carbocycles. The summed E-state index contributed by atoms with van der Waals surface area (Å²) in [6.45, 7) is 5.09. The molecule has 0 N–H and O–H groups in total. The summed E-state index contributed by atoms with van der Waals surface area (Å²) in [5, 5.41) is 0. The van der Waals surface area contributed by atoms with E-state index in [1.54, 1.807) is 0 Å². The number of amides is 1. The fourth-order valence-corrected chi connectivity index (χ4v) is 4.50. The smallest absolute Gasteiger partial charge is 0.227 e. The Morgan fingerprint density at radius 2 is 1.78 bits per heavy atom. The molecular formula is C20H26N2O. The molecule has 23 heavy (non-hydrogen) atoms. The van der Waals surface area contributed by atoms with E-state index >= 15 is 0 Å². The first-order chi connectivity index (χ1) is 11.3. The Morgan fingerprint density at radius 1 is 1.00 bits per heavy atom. The number of carbonyl (C=O) groups is 1. The van der Waals surface area contributed by atoms with Gasteiger partial charge < -0.3 is 4.90 Å². The van der Waals surface area contributed by atoms with Gasteiger partial charge in [0.2, 0.25) is 5.91 Å². The minimum Gasteiger partial charge on any atom is -0.340 e. The van der Waals surface area contributed by atoms with Crippen molar-refractivity contribution >= 4 is 5.91 Å². The number of hydrogen-bond donors (Lipinski definition) is 0. The van der Waals surface area contributed by atoms with Gasteiger partial charge in [0.1, 0.15) is 0 Å². The summed E-state index contributed by atoms with van der Waals surface area (Å²) in [6, 6.07) is 10.1. The molecule has 3 nitrogen and oxygen atoms in total. The Bertz CT molecular complexity index is 575. The van der Waals surface area contributed by atoms with E-state index in [1.807, 2.05) is 35.2 Å². The topological polar surface area (TPSA) is 23.6 Å². The van der Waals surface area contributed by atoms with Crippen LogP contribution in [0.4, 0.5) is 0 Å². The van der Waals surface area contributed by atoms with Gasteiger partial charge in [-0.1, -0.05) is 42.5 Å². The molecule has 0 unspecified atom stereocenters. The number of fused-ring (bicyclic) bond motifs is 2. The van der Waals surface area contributed by atoms with Crippen molar-refractivity contribution in [2.75, 3.05) is 32.7 Å². The predicted octanol–water partition coefficient (Wildman–Crippen LogP) is 2.59. The molecule has 1 heterocycles. The maximum atomic E-state index is 12.4. The summed E-state index contributed by atoms with van der Waals surface area (Å²) >= 11 is 0. The number of hydrogen-bond acceptors (Lipinski definition) is 2. The van der Waals surface area contributed by atoms with E-state index in [9.17, 15) is 4.79 Å². The molecule has 1 saturated carbocycles. The molecule has 3 heteroatoms. The van der Waals surface area contributed by atoms with Crippen LogP contribution in [-0.2, 0) is 11.2 Å². The second kappa shape index (κ2) is 6.48. The lowest BCUT2D eigenvalue weighted by atomic mass is 9.93. The summed E-state index contributed by atoms with van der Waals surface area (Å²) < 4.78 is 0. The predicted molar refractivity (Wildman–Crippen MR) is 92.0 cm³/mol. The van der Waals surface area contributed by atoms with E-state index in [2.05, 4.69) is 17.1 Å². The zero-order valence-corrected chi connectivity index (χ0v) is 13.7. The molecule has 1 aliphatic heterocycles. The Hall–Kier alpha value is -1.61. The monoisotopic (exact) mass is 310 g/mol. The largest absolute Gasteiger partial charge is 0.340 e. The van der Waals surface area contributed by atoms with Crippen molar-refractivity contribution in [1.29, 1.82) is 0 Å². The molecule has 0 aromatic heterocycles. The highest BCUT2D eigenvalue weighted by molar-refractivity contribution is 5.78. The number of carbonyl (C=O) groups excluding carboxylic acids is 1. The molecular weight excluding hydrogens is 284 g/mol. The van der Waals surface area contributed by atoms with Gasteiger partial charge in [-0.3, -0.25) is 9.69 Å². The van der Waals surface area contributed by atoms with E-state index in [1.165, 1.54) is 19.4 Å². The van der Waals surface area contributed by atoms with Crippen molar-refractivity contribution < 1.29 is 4.79 Å². The normalized spacial score (nSPS) is 30.1. The summed E-state index contributed by atoms with van der Waals surface area (Å²) in [7, 11) is 0. The highest BCUT2D eigenvalue weighted by atomic mass is 16.2. The lowest BCUT2D eigenvalue weighted by molar-refractivity contribution is -0.132. The van der Waals surface area contributed by atoms with Gasteiger partial charge in [-0.2, -0.15) is 0 Å². The number of allylic oxidation sites excluding steroid dienone is 2. The van der Waals surface area contributed by atoms with Crippen LogP contribution in [0, 0.1) is 17.8 Å². The van der Waals surface area contributed by atoms with Crippen LogP contribution in [0.5, 0.6) is 0 Å². The summed E-state index contributed by atoms with van der Waals surface area (Å²) in [5.74, 6) is 2.83. The van der Waals surface area contributed by atoms with Gasteiger partial charge in [-0.15, -0.1) is 0 Å². The Morgan fingerprint density at radius 3 is 2.43 bits per heavy atom. The first-order valence-electron chi connectivity index (χ1n) is 9.00. The van der Waals surface area contributed by atoms with Gasteiger partial charge in [0.25, 0.3) is 0 Å². The molecule has 2 aliphatic carbocycles. The zero-order valence-electron chi connectivity index (χ0n) is 13.7. The summed E-state index contributed by atoms with van der Waals surface area (Å²) in [6.07, 6.45) is 8.17. The summed E-state index contributed by atoms with van der Waals surface area (Å²) in [4.78, 5) is 17.0. The van der Waals surface area contributed by atoms with Crippen LogP contribution in [0.3, 0.4) is 0 Å². The Kier molecular flexibility index (Phi) is 4.21. The average Bonchev–Trinajstić information content (AvgIpc) is 3.19. The number of piperazine rings is 1. The lowest BCUT2D eigenvalue weighted by Crippen LogP contribution is -2.50. The molecule has 2 bridgehead atoms. The van der Waals surface area contributed by atoms with Gasteiger partial charge in [0.05, 0.1) is 6.42 Å². The van der Waals surface area contributed by atoms with Gasteiger partial charge in [0, 0.05) is 32.7 Å². The lowest BCUT2D eigenvalue weighted by Gasteiger charge is -2.37. The molecule has 3 atom stereocenters. The van der Waals surface area contributed by atoms with Gasteiger partial charge >= 0.3 is 0 Å². The number of nitrogens with zero attached hydrogens (tertiary/aromatic N) is 2. The molecule has 0 radical (unpaired) electrons. The fraction of sp³-hybridized carbons (Fsp3) is 0.550. The number of benzene rings is 1. The molecule has 1 amide bonds. The zero-order chi connectivity index (χ0) is 15.6. The van der Waals surface area contributed by atoms with Gasteiger partial charge in [0.15, 0.2) is 0 Å². The fourth-order valence-electron chi connectivity index (χ4n) is 4.50. The quantitative estimate of drug-likeness (QED) is 0.798. The van der Waals surface area contributed by atoms with E-state index in [0.717, 1.165) is 49.5 Å². The van der Waals surface area contributed by atoms with Crippen LogP contribution in [-0.4, -0.2) is 48.4 Å². The van der Waals surface area contributed by atoms with Crippen LogP contribution in [0.15, 0.2) is 42.5 Å². The van der Waals surface area contributed by atoms with E-state index in [0.29, 0.717) is 6.42 Å². The standard InChI is InChI=1S/C20H26N2O/c23-20(14-16-4-2-1-3-5-16)22-10-8-21(9-11-22)15-19-13-17-6-7-18(19)12-17/h1-7,17-19H,8-15H2/t17-,18+,19-/m1/s1. The molecule has 4 rings (SSSR count). The van der Waals surface area contributed by atoms with Crippen LogP contribution in [0.25, 0.3) is 0 Å². The maximum Gasteiger partial charge on any atom is 0.227 e. The Balaban J connectivity index is 1.24. The van der Waals surface area contributed by atoms with E-state index in [4.69, 9.17) is 0 Å². The van der Waals surface area contributed by atoms with Crippen LogP contribution < -0.4 is 0 Å². The van der Waals surface area contributed by atoms with E-state index < -0.39 is 0 Å². The van der Waals surface area contributed by atoms with Gasteiger partial charge in [-0.05, 0) is 36.2 Å². The summed E-state index contributed by atoms with van der Waals surface area (Å²) in [5.41, 5.74) is 1.12. The second-order valence-corrected chi connectivity index (χ2v) is 7.38. The molecule has 1 aromatic rings. The van der Waals surface area contributed by atoms with Crippen LogP contribution >= 0.6 is 0 Å². The second-order valence-electron chi connectivity index (χ2n) is 7.38. The SMILES string of the molecule is O=C(Cc1ccccc1)N1CCN(C[C@H]2C[C@@H]3C=C[C@H]2C3)CC1. The third-order valence-corrected chi connectivity index (χ3v) is 5.83. The number of rotatable bonds is 4. The van der Waals surface area contributed by atoms with Crippen molar-refractivity contribution in [1.82, 2.24) is 9.80 Å². The minimum absolute atomic E-state index is 0.277. The average molecular weight is 310 g/mol. The first-order valence-corrected chi connectivity index (χ1v) is 9.00. The highest BCUT2D eigenvalue weighted by Crippen LogP contribution is 2.43. The van der Waals surface area contributed by atoms with Crippen molar-refractivity contribution in [3.63, 3.8) is 0 Å². The molecule has 1 saturated heterocycles. The van der Waals surface area contributed by atoms with E-state index in [-0.39, 0.29) is 5.91 Å². The van der Waals surface area contributed by atoms with Crippen molar-refractivity contribution in [3.05, 3.63) is 48.0 Å². The minimum atomic E-state index is 0.277.